The Kier molecular flexibility index (Phi) is 5.31. The first kappa shape index (κ1) is 16.3. The smallest absolute Gasteiger partial charge is 0.248 e. The van der Waals surface area contributed by atoms with Crippen molar-refractivity contribution in [1.29, 1.82) is 0 Å². The van der Waals surface area contributed by atoms with E-state index in [9.17, 15) is 13.2 Å². The maximum absolute atomic E-state index is 13.4. The Hall–Kier alpha value is -1.03. The van der Waals surface area contributed by atoms with Gasteiger partial charge in [0.2, 0.25) is 5.92 Å². The zero-order valence-electron chi connectivity index (χ0n) is 12.8. The maximum Gasteiger partial charge on any atom is 0.248 e. The van der Waals surface area contributed by atoms with Crippen LogP contribution in [0.25, 0.3) is 0 Å². The molecule has 0 aliphatic heterocycles. The van der Waals surface area contributed by atoms with E-state index in [1.54, 1.807) is 13.0 Å². The second kappa shape index (κ2) is 6.82. The average Bonchev–Trinajstić information content (AvgIpc) is 2.44. The van der Waals surface area contributed by atoms with Crippen LogP contribution >= 0.6 is 0 Å². The van der Waals surface area contributed by atoms with Crippen LogP contribution in [-0.4, -0.2) is 12.5 Å². The summed E-state index contributed by atoms with van der Waals surface area (Å²) in [4.78, 5) is 0. The molecule has 1 aliphatic rings. The lowest BCUT2D eigenvalue weighted by atomic mass is 9.79. The number of benzene rings is 1. The minimum atomic E-state index is -2.51. The van der Waals surface area contributed by atoms with Crippen LogP contribution < -0.4 is 5.32 Å². The van der Waals surface area contributed by atoms with Crippen LogP contribution in [0.2, 0.25) is 0 Å². The molecule has 0 saturated heterocycles. The minimum absolute atomic E-state index is 0.0395. The lowest BCUT2D eigenvalue weighted by Crippen LogP contribution is -2.34. The highest BCUT2D eigenvalue weighted by molar-refractivity contribution is 5.27. The van der Waals surface area contributed by atoms with E-state index in [1.807, 2.05) is 6.07 Å². The molecule has 0 amide bonds. The predicted octanol–water partition coefficient (Wildman–Crippen LogP) is 5.00. The van der Waals surface area contributed by atoms with Gasteiger partial charge in [-0.15, -0.1) is 0 Å². The molecule has 0 radical (unpaired) electrons. The number of alkyl halides is 2. The van der Waals surface area contributed by atoms with Gasteiger partial charge in [-0.2, -0.15) is 0 Å². The quantitative estimate of drug-likeness (QED) is 0.806. The molecule has 0 heterocycles. The van der Waals surface area contributed by atoms with Crippen LogP contribution in [0.4, 0.5) is 13.2 Å². The molecule has 118 valence electrons. The largest absolute Gasteiger partial charge is 0.310 e. The summed E-state index contributed by atoms with van der Waals surface area (Å²) < 4.78 is 40.1. The third-order valence-electron chi connectivity index (χ3n) is 4.39. The number of hydrogen-bond acceptors (Lipinski definition) is 1. The molecule has 1 fully saturated rings. The summed E-state index contributed by atoms with van der Waals surface area (Å²) in [5, 5.41) is 3.46. The molecule has 0 bridgehead atoms. The molecule has 0 aromatic heterocycles. The van der Waals surface area contributed by atoms with E-state index in [0.717, 1.165) is 18.5 Å². The second-order valence-electron chi connectivity index (χ2n) is 6.13. The number of rotatable bonds is 5. The van der Waals surface area contributed by atoms with Crippen molar-refractivity contribution in [3.8, 4) is 0 Å². The van der Waals surface area contributed by atoms with Gasteiger partial charge in [0.25, 0.3) is 0 Å². The Labute approximate surface area is 124 Å². The second-order valence-corrected chi connectivity index (χ2v) is 6.13. The van der Waals surface area contributed by atoms with Crippen LogP contribution in [0.1, 0.15) is 56.2 Å². The molecule has 1 saturated carbocycles. The van der Waals surface area contributed by atoms with Crippen molar-refractivity contribution in [3.63, 3.8) is 0 Å². The number of hydrogen-bond donors (Lipinski definition) is 1. The topological polar surface area (TPSA) is 12.0 Å². The first-order valence-corrected chi connectivity index (χ1v) is 7.80. The SMILES string of the molecule is CCCNC(c1ccc(F)c(C)c1)C1CCC(F)(F)CC1. The normalized spacial score (nSPS) is 20.4. The fourth-order valence-corrected chi connectivity index (χ4v) is 3.11. The molecule has 1 aliphatic carbocycles. The summed E-state index contributed by atoms with van der Waals surface area (Å²) in [6.07, 6.45) is 1.94. The average molecular weight is 299 g/mol. The highest BCUT2D eigenvalue weighted by atomic mass is 19.3. The first-order chi connectivity index (χ1) is 9.93. The van der Waals surface area contributed by atoms with E-state index in [1.165, 1.54) is 6.07 Å². The fraction of sp³-hybridized carbons (Fsp3) is 0.647. The van der Waals surface area contributed by atoms with Crippen molar-refractivity contribution >= 4 is 0 Å². The van der Waals surface area contributed by atoms with Crippen molar-refractivity contribution in [3.05, 3.63) is 35.1 Å². The molecule has 2 rings (SSSR count). The van der Waals surface area contributed by atoms with Gasteiger partial charge in [0, 0.05) is 18.9 Å². The van der Waals surface area contributed by atoms with Gasteiger partial charge in [0.1, 0.15) is 5.82 Å². The van der Waals surface area contributed by atoms with Crippen LogP contribution in [-0.2, 0) is 0 Å². The van der Waals surface area contributed by atoms with Crippen LogP contribution in [0.5, 0.6) is 0 Å². The summed E-state index contributed by atoms with van der Waals surface area (Å²) in [7, 11) is 0. The van der Waals surface area contributed by atoms with Crippen LogP contribution in [0.3, 0.4) is 0 Å². The van der Waals surface area contributed by atoms with Gasteiger partial charge in [-0.25, -0.2) is 13.2 Å². The summed E-state index contributed by atoms with van der Waals surface area (Å²) in [6, 6.07) is 5.14. The van der Waals surface area contributed by atoms with Crippen molar-refractivity contribution in [2.24, 2.45) is 5.92 Å². The standard InChI is InChI=1S/C17H24F3N/c1-3-10-21-16(13-6-8-17(19,20)9-7-13)14-4-5-15(18)12(2)11-14/h4-5,11,13,16,21H,3,6-10H2,1-2H3. The summed E-state index contributed by atoms with van der Waals surface area (Å²) in [6.45, 7) is 4.66. The molecule has 0 spiro atoms. The minimum Gasteiger partial charge on any atom is -0.310 e. The lowest BCUT2D eigenvalue weighted by Gasteiger charge is -2.34. The maximum atomic E-state index is 13.4. The zero-order chi connectivity index (χ0) is 15.5. The third kappa shape index (κ3) is 4.22. The molecule has 4 heteroatoms. The van der Waals surface area contributed by atoms with E-state index in [2.05, 4.69) is 12.2 Å². The Morgan fingerprint density at radius 1 is 1.29 bits per heavy atom. The predicted molar refractivity (Wildman–Crippen MR) is 79.1 cm³/mol. The van der Waals surface area contributed by atoms with Gasteiger partial charge in [0.05, 0.1) is 0 Å². The van der Waals surface area contributed by atoms with Gasteiger partial charge in [-0.3, -0.25) is 0 Å². The van der Waals surface area contributed by atoms with E-state index in [-0.39, 0.29) is 30.6 Å². The molecule has 1 nitrogen and oxygen atoms in total. The highest BCUT2D eigenvalue weighted by Gasteiger charge is 2.37. The lowest BCUT2D eigenvalue weighted by molar-refractivity contribution is -0.0497. The van der Waals surface area contributed by atoms with E-state index < -0.39 is 5.92 Å². The summed E-state index contributed by atoms with van der Waals surface area (Å²) in [5.41, 5.74) is 1.62. The van der Waals surface area contributed by atoms with Crippen LogP contribution in [0.15, 0.2) is 18.2 Å². The molecule has 1 aromatic rings. The fourth-order valence-electron chi connectivity index (χ4n) is 3.11. The van der Waals surface area contributed by atoms with Gasteiger partial charge < -0.3 is 5.32 Å². The molecule has 1 unspecified atom stereocenters. The zero-order valence-corrected chi connectivity index (χ0v) is 12.8. The molecule has 21 heavy (non-hydrogen) atoms. The van der Waals surface area contributed by atoms with E-state index in [4.69, 9.17) is 0 Å². The summed E-state index contributed by atoms with van der Waals surface area (Å²) >= 11 is 0. The third-order valence-corrected chi connectivity index (χ3v) is 4.39. The Morgan fingerprint density at radius 3 is 2.52 bits per heavy atom. The monoisotopic (exact) mass is 299 g/mol. The van der Waals surface area contributed by atoms with Gasteiger partial charge in [-0.05, 0) is 55.8 Å². The van der Waals surface area contributed by atoms with Crippen LogP contribution in [0, 0.1) is 18.7 Å². The van der Waals surface area contributed by atoms with Gasteiger partial charge in [0.15, 0.2) is 0 Å². The van der Waals surface area contributed by atoms with Crippen molar-refractivity contribution in [2.45, 2.75) is 57.9 Å². The Bertz CT molecular complexity index is 463. The van der Waals surface area contributed by atoms with Crippen molar-refractivity contribution in [2.75, 3.05) is 6.54 Å². The van der Waals surface area contributed by atoms with Crippen molar-refractivity contribution < 1.29 is 13.2 Å². The molecule has 1 aromatic carbocycles. The first-order valence-electron chi connectivity index (χ1n) is 7.80. The highest BCUT2D eigenvalue weighted by Crippen LogP contribution is 2.41. The van der Waals surface area contributed by atoms with E-state index >= 15 is 0 Å². The van der Waals surface area contributed by atoms with Gasteiger partial charge in [-0.1, -0.05) is 19.1 Å². The number of halogens is 3. The van der Waals surface area contributed by atoms with E-state index in [0.29, 0.717) is 18.4 Å². The number of aryl methyl sites for hydroxylation is 1. The number of nitrogens with one attached hydrogen (secondary N) is 1. The van der Waals surface area contributed by atoms with Gasteiger partial charge >= 0.3 is 0 Å². The molecular formula is C17H24F3N. The Morgan fingerprint density at radius 2 is 1.95 bits per heavy atom. The molecule has 1 atom stereocenters. The molecular weight excluding hydrogens is 275 g/mol. The summed E-state index contributed by atoms with van der Waals surface area (Å²) in [5.74, 6) is -2.53. The van der Waals surface area contributed by atoms with Crippen molar-refractivity contribution in [1.82, 2.24) is 5.32 Å². The Balaban J connectivity index is 2.16. The molecule has 1 N–H and O–H groups in total.